The van der Waals surface area contributed by atoms with Crippen molar-refractivity contribution in [3.05, 3.63) is 33.9 Å². The van der Waals surface area contributed by atoms with E-state index < -0.39 is 22.4 Å². The molecular formula is C21H29F3N4O4. The topological polar surface area (TPSA) is 105 Å². The largest absolute Gasteiger partial charge is 0.416 e. The Labute approximate surface area is 184 Å². The zero-order valence-electron chi connectivity index (χ0n) is 18.2. The smallest absolute Gasteiger partial charge is 0.379 e. The summed E-state index contributed by atoms with van der Waals surface area (Å²) >= 11 is 0. The fourth-order valence-electron chi connectivity index (χ4n) is 3.76. The molecule has 2 rings (SSSR count). The molecule has 0 aromatic heterocycles. The van der Waals surface area contributed by atoms with E-state index in [1.165, 1.54) is 0 Å². The van der Waals surface area contributed by atoms with Gasteiger partial charge in [-0.25, -0.2) is 0 Å². The molecule has 32 heavy (non-hydrogen) atoms. The summed E-state index contributed by atoms with van der Waals surface area (Å²) in [6.07, 6.45) is -1.78. The van der Waals surface area contributed by atoms with Crippen LogP contribution in [0.4, 0.5) is 24.5 Å². The van der Waals surface area contributed by atoms with Gasteiger partial charge >= 0.3 is 6.18 Å². The number of hydrogen-bond acceptors (Lipinski definition) is 5. The summed E-state index contributed by atoms with van der Waals surface area (Å²) in [5, 5.41) is 16.7. The lowest BCUT2D eigenvalue weighted by Crippen LogP contribution is -2.48. The summed E-state index contributed by atoms with van der Waals surface area (Å²) in [7, 11) is 0. The minimum absolute atomic E-state index is 0.00502. The van der Waals surface area contributed by atoms with E-state index in [2.05, 4.69) is 10.6 Å². The van der Waals surface area contributed by atoms with Crippen LogP contribution >= 0.6 is 0 Å². The second-order valence-corrected chi connectivity index (χ2v) is 7.84. The fourth-order valence-corrected chi connectivity index (χ4v) is 3.76. The summed E-state index contributed by atoms with van der Waals surface area (Å²) < 4.78 is 38.3. The summed E-state index contributed by atoms with van der Waals surface area (Å²) in [6, 6.07) is 2.16. The number of nitrogens with zero attached hydrogens (tertiary/aromatic N) is 2. The van der Waals surface area contributed by atoms with Crippen LogP contribution < -0.4 is 10.6 Å². The van der Waals surface area contributed by atoms with E-state index >= 15 is 0 Å². The third kappa shape index (κ3) is 6.83. The number of nitrogens with one attached hydrogen (secondary N) is 2. The van der Waals surface area contributed by atoms with Crippen LogP contribution in [0.15, 0.2) is 18.2 Å². The summed E-state index contributed by atoms with van der Waals surface area (Å²) in [4.78, 5) is 36.7. The molecule has 1 aromatic carbocycles. The highest BCUT2D eigenvalue weighted by Crippen LogP contribution is 2.34. The Morgan fingerprint density at radius 3 is 2.38 bits per heavy atom. The van der Waals surface area contributed by atoms with Crippen molar-refractivity contribution in [1.82, 2.24) is 10.2 Å². The molecular weight excluding hydrogens is 429 g/mol. The highest BCUT2D eigenvalue weighted by molar-refractivity contribution is 5.79. The number of hydrogen-bond donors (Lipinski definition) is 2. The van der Waals surface area contributed by atoms with E-state index in [1.807, 2.05) is 18.7 Å². The Bertz CT molecular complexity index is 820. The van der Waals surface area contributed by atoms with Crippen molar-refractivity contribution >= 4 is 23.2 Å². The van der Waals surface area contributed by atoms with Gasteiger partial charge in [0, 0.05) is 44.1 Å². The van der Waals surface area contributed by atoms with Gasteiger partial charge in [-0.1, -0.05) is 13.8 Å². The maximum absolute atomic E-state index is 12.8. The number of piperidine rings is 1. The fraction of sp³-hybridized carbons (Fsp3) is 0.619. The standard InChI is InChI=1S/C21H29F3N4O4/c1-3-14(4-2)20(30)27-11-8-16(9-12-27)26-19(29)7-10-25-17-6-5-15(21(22,23)24)13-18(17)28(31)32/h5-6,13-14,16,25H,3-4,7-12H2,1-2H3,(H,26,29). The number of nitro benzene ring substituents is 1. The Morgan fingerprint density at radius 2 is 1.84 bits per heavy atom. The molecule has 0 saturated carbocycles. The molecule has 2 amide bonds. The van der Waals surface area contributed by atoms with Crippen molar-refractivity contribution in [1.29, 1.82) is 0 Å². The van der Waals surface area contributed by atoms with Gasteiger partial charge in [0.1, 0.15) is 5.69 Å². The minimum Gasteiger partial charge on any atom is -0.379 e. The zero-order valence-corrected chi connectivity index (χ0v) is 18.2. The first kappa shape index (κ1) is 25.4. The second kappa shape index (κ2) is 11.1. The number of benzene rings is 1. The number of carbonyl (C=O) groups excluding carboxylic acids is 2. The molecule has 1 fully saturated rings. The molecule has 1 heterocycles. The van der Waals surface area contributed by atoms with Crippen LogP contribution in [0.25, 0.3) is 0 Å². The molecule has 178 valence electrons. The maximum Gasteiger partial charge on any atom is 0.416 e. The second-order valence-electron chi connectivity index (χ2n) is 7.84. The molecule has 11 heteroatoms. The van der Waals surface area contributed by atoms with Crippen molar-refractivity contribution < 1.29 is 27.7 Å². The first-order valence-electron chi connectivity index (χ1n) is 10.7. The minimum atomic E-state index is -4.68. The molecule has 1 aliphatic rings. The predicted molar refractivity (Wildman–Crippen MR) is 113 cm³/mol. The number of likely N-dealkylation sites (tertiary alicyclic amines) is 1. The van der Waals surface area contributed by atoms with Crippen LogP contribution in [0.2, 0.25) is 0 Å². The van der Waals surface area contributed by atoms with Gasteiger partial charge in [0.15, 0.2) is 0 Å². The zero-order chi connectivity index (χ0) is 23.9. The van der Waals surface area contributed by atoms with Gasteiger partial charge < -0.3 is 15.5 Å². The summed E-state index contributed by atoms with van der Waals surface area (Å²) in [5.74, 6) is -0.0829. The number of carbonyl (C=O) groups is 2. The summed E-state index contributed by atoms with van der Waals surface area (Å²) in [6.45, 7) is 5.18. The molecule has 1 aliphatic heterocycles. The molecule has 0 aliphatic carbocycles. The molecule has 8 nitrogen and oxygen atoms in total. The van der Waals surface area contributed by atoms with Gasteiger partial charge in [0.05, 0.1) is 10.5 Å². The molecule has 0 bridgehead atoms. The number of nitro groups is 1. The average molecular weight is 458 g/mol. The molecule has 0 radical (unpaired) electrons. The number of anilines is 1. The Kier molecular flexibility index (Phi) is 8.85. The lowest BCUT2D eigenvalue weighted by atomic mass is 9.98. The van der Waals surface area contributed by atoms with Gasteiger partial charge in [-0.3, -0.25) is 19.7 Å². The Balaban J connectivity index is 1.81. The third-order valence-corrected chi connectivity index (χ3v) is 5.70. The molecule has 1 saturated heterocycles. The van der Waals surface area contributed by atoms with Crippen LogP contribution in [0.5, 0.6) is 0 Å². The first-order valence-corrected chi connectivity index (χ1v) is 10.7. The van der Waals surface area contributed by atoms with Crippen LogP contribution in [0.3, 0.4) is 0 Å². The van der Waals surface area contributed by atoms with Crippen LogP contribution in [-0.2, 0) is 15.8 Å². The highest BCUT2D eigenvalue weighted by Gasteiger charge is 2.33. The highest BCUT2D eigenvalue weighted by atomic mass is 19.4. The third-order valence-electron chi connectivity index (χ3n) is 5.70. The van der Waals surface area contributed by atoms with E-state index in [0.29, 0.717) is 32.0 Å². The van der Waals surface area contributed by atoms with Crippen molar-refractivity contribution in [3.8, 4) is 0 Å². The van der Waals surface area contributed by atoms with Gasteiger partial charge in [-0.05, 0) is 37.8 Å². The predicted octanol–water partition coefficient (Wildman–Crippen LogP) is 3.96. The van der Waals surface area contributed by atoms with Crippen LogP contribution in [0, 0.1) is 16.0 Å². The molecule has 1 aromatic rings. The number of amides is 2. The van der Waals surface area contributed by atoms with E-state index in [4.69, 9.17) is 0 Å². The SMILES string of the molecule is CCC(CC)C(=O)N1CCC(NC(=O)CCNc2ccc(C(F)(F)F)cc2[N+](=O)[O-])CC1. The first-order chi connectivity index (χ1) is 15.1. The van der Waals surface area contributed by atoms with E-state index in [9.17, 15) is 32.9 Å². The number of halogens is 3. The molecule has 2 N–H and O–H groups in total. The van der Waals surface area contributed by atoms with Crippen molar-refractivity contribution in [2.24, 2.45) is 5.92 Å². The maximum atomic E-state index is 12.8. The van der Waals surface area contributed by atoms with Gasteiger partial charge in [-0.15, -0.1) is 0 Å². The normalized spacial score (nSPS) is 15.0. The van der Waals surface area contributed by atoms with Crippen LogP contribution in [-0.4, -0.2) is 47.3 Å². The van der Waals surface area contributed by atoms with E-state index in [-0.39, 0.29) is 42.4 Å². The molecule has 0 spiro atoms. The van der Waals surface area contributed by atoms with Crippen LogP contribution in [0.1, 0.15) is 51.5 Å². The van der Waals surface area contributed by atoms with Gasteiger partial charge in [0.2, 0.25) is 11.8 Å². The molecule has 0 unspecified atom stereocenters. The lowest BCUT2D eigenvalue weighted by molar-refractivity contribution is -0.384. The monoisotopic (exact) mass is 458 g/mol. The van der Waals surface area contributed by atoms with Gasteiger partial charge in [-0.2, -0.15) is 13.2 Å². The van der Waals surface area contributed by atoms with E-state index in [0.717, 1.165) is 25.0 Å². The number of alkyl halides is 3. The van der Waals surface area contributed by atoms with Crippen molar-refractivity contribution in [3.63, 3.8) is 0 Å². The Morgan fingerprint density at radius 1 is 1.22 bits per heavy atom. The van der Waals surface area contributed by atoms with Crippen molar-refractivity contribution in [2.75, 3.05) is 25.0 Å². The quantitative estimate of drug-likeness (QED) is 0.431. The van der Waals surface area contributed by atoms with E-state index in [1.54, 1.807) is 0 Å². The average Bonchev–Trinajstić information content (AvgIpc) is 2.74. The van der Waals surface area contributed by atoms with Crippen molar-refractivity contribution in [2.45, 2.75) is 58.2 Å². The molecule has 0 atom stereocenters. The van der Waals surface area contributed by atoms with Gasteiger partial charge in [0.25, 0.3) is 5.69 Å². The summed E-state index contributed by atoms with van der Waals surface area (Å²) in [5.41, 5.74) is -1.89. The lowest BCUT2D eigenvalue weighted by Gasteiger charge is -2.34. The number of rotatable bonds is 9. The Hall–Kier alpha value is -2.85.